The van der Waals surface area contributed by atoms with Crippen LogP contribution in [0.4, 0.5) is 11.9 Å². The third kappa shape index (κ3) is 6.10. The van der Waals surface area contributed by atoms with Crippen LogP contribution in [0.1, 0.15) is 27.1 Å². The molecule has 0 spiro atoms. The predicted octanol–water partition coefficient (Wildman–Crippen LogP) is 1.57. The lowest BCUT2D eigenvalue weighted by atomic mass is 10.1. The van der Waals surface area contributed by atoms with Crippen LogP contribution in [0.5, 0.6) is 5.75 Å². The largest absolute Gasteiger partial charge is 0.491 e. The maximum Gasteiger partial charge on any atom is 0.248 e. The van der Waals surface area contributed by atoms with Crippen LogP contribution >= 0.6 is 0 Å². The zero-order valence-electron chi connectivity index (χ0n) is 23.0. The first-order valence-electron chi connectivity index (χ1n) is 13.5. The second-order valence-electron chi connectivity index (χ2n) is 9.78. The summed E-state index contributed by atoms with van der Waals surface area (Å²) < 4.78 is 15.4. The van der Waals surface area contributed by atoms with Gasteiger partial charge in [0, 0.05) is 50.9 Å². The average molecular weight is 562 g/mol. The van der Waals surface area contributed by atoms with E-state index in [1.54, 1.807) is 31.3 Å². The fraction of sp³-hybridized carbons (Fsp3) is 0.357. The van der Waals surface area contributed by atoms with Gasteiger partial charge in [-0.3, -0.25) is 14.5 Å². The second-order valence-corrected chi connectivity index (χ2v) is 9.78. The van der Waals surface area contributed by atoms with Crippen LogP contribution in [0.25, 0.3) is 22.1 Å². The van der Waals surface area contributed by atoms with Gasteiger partial charge in [0.1, 0.15) is 11.3 Å². The van der Waals surface area contributed by atoms with Crippen LogP contribution in [0.15, 0.2) is 42.5 Å². The minimum atomic E-state index is -0.561. The number of carbonyl (C=O) groups excluding carboxylic acids is 2. The highest BCUT2D eigenvalue weighted by molar-refractivity contribution is 5.99. The van der Waals surface area contributed by atoms with E-state index in [0.717, 1.165) is 44.8 Å². The molecular formula is C28H35N9O4. The lowest BCUT2D eigenvalue weighted by Crippen LogP contribution is -2.37. The Kier molecular flexibility index (Phi) is 8.36. The van der Waals surface area contributed by atoms with E-state index in [-0.39, 0.29) is 0 Å². The number of nitrogens with one attached hydrogen (secondary N) is 1. The number of allylic oxidation sites excluding steroid dienone is 2. The lowest BCUT2D eigenvalue weighted by molar-refractivity contribution is 0.0358. The average Bonchev–Trinajstić information content (AvgIpc) is 3.49. The van der Waals surface area contributed by atoms with Crippen molar-refractivity contribution >= 4 is 45.8 Å². The molecule has 13 nitrogen and oxygen atoms in total. The van der Waals surface area contributed by atoms with Crippen LogP contribution < -0.4 is 27.3 Å². The summed E-state index contributed by atoms with van der Waals surface area (Å²) in [6.07, 6.45) is 4.79. The van der Waals surface area contributed by atoms with Gasteiger partial charge in [-0.15, -0.1) is 0 Å². The summed E-state index contributed by atoms with van der Waals surface area (Å²) in [6, 6.07) is 8.48. The summed E-state index contributed by atoms with van der Waals surface area (Å²) in [7, 11) is 1.79. The van der Waals surface area contributed by atoms with Crippen molar-refractivity contribution in [3.05, 3.63) is 53.6 Å². The van der Waals surface area contributed by atoms with Gasteiger partial charge in [-0.2, -0.15) is 0 Å². The molecule has 0 radical (unpaired) electrons. The number of amides is 2. The van der Waals surface area contributed by atoms with Crippen molar-refractivity contribution < 1.29 is 19.1 Å². The number of carbonyl (C=O) groups is 2. The Labute approximate surface area is 236 Å². The highest BCUT2D eigenvalue weighted by Crippen LogP contribution is 2.30. The third-order valence-electron chi connectivity index (χ3n) is 7.10. The SMILES string of the molecule is CNc1nc2cc(C(N)=O)ccc2n1C/C=C/Cn1c(N)nc2cc(C(N)=O)cc(OCCCN3CCOCC3)c21. The van der Waals surface area contributed by atoms with E-state index < -0.39 is 11.8 Å². The molecular weight excluding hydrogens is 526 g/mol. The summed E-state index contributed by atoms with van der Waals surface area (Å²) in [5.41, 5.74) is 20.8. The number of rotatable bonds is 12. The molecule has 41 heavy (non-hydrogen) atoms. The smallest absolute Gasteiger partial charge is 0.248 e. The maximum absolute atomic E-state index is 12.0. The minimum Gasteiger partial charge on any atom is -0.491 e. The zero-order valence-corrected chi connectivity index (χ0v) is 23.0. The first-order chi connectivity index (χ1) is 19.9. The number of hydrogen-bond donors (Lipinski definition) is 4. The molecule has 0 saturated carbocycles. The molecule has 1 aliphatic rings. The van der Waals surface area contributed by atoms with E-state index in [2.05, 4.69) is 20.2 Å². The molecule has 1 fully saturated rings. The summed E-state index contributed by atoms with van der Waals surface area (Å²) in [6.45, 7) is 5.63. The van der Waals surface area contributed by atoms with E-state index in [1.807, 2.05) is 27.4 Å². The molecule has 216 valence electrons. The molecule has 4 aromatic rings. The van der Waals surface area contributed by atoms with Gasteiger partial charge in [0.05, 0.1) is 36.4 Å². The van der Waals surface area contributed by atoms with E-state index in [1.165, 1.54) is 0 Å². The van der Waals surface area contributed by atoms with Gasteiger partial charge in [-0.25, -0.2) is 9.97 Å². The molecule has 2 aromatic heterocycles. The normalized spacial score (nSPS) is 14.3. The fourth-order valence-corrected chi connectivity index (χ4v) is 5.00. The Bertz CT molecular complexity index is 1600. The Morgan fingerprint density at radius 2 is 1.71 bits per heavy atom. The minimum absolute atomic E-state index is 0.299. The first-order valence-corrected chi connectivity index (χ1v) is 13.5. The number of primary amides is 2. The topological polar surface area (TPSA) is 182 Å². The monoisotopic (exact) mass is 561 g/mol. The summed E-state index contributed by atoms with van der Waals surface area (Å²) in [5.74, 6) is 0.409. The molecule has 7 N–H and O–H groups in total. The standard InChI is InChI=1S/C28H35N9O4/c1-32-28-34-20-15-18(25(29)38)5-6-22(20)36(28)8-2-3-9-37-24-21(33-27(37)31)16-19(26(30)39)17-23(24)41-12-4-7-35-10-13-40-14-11-35/h2-3,5-6,15-17H,4,7-14H2,1H3,(H2,29,38)(H2,30,39)(H2,31,33)(H,32,34)/b3-2+. The molecule has 0 aliphatic carbocycles. The molecule has 5 rings (SSSR count). The maximum atomic E-state index is 12.0. The highest BCUT2D eigenvalue weighted by atomic mass is 16.5. The summed E-state index contributed by atoms with van der Waals surface area (Å²) >= 11 is 0. The molecule has 2 aromatic carbocycles. The summed E-state index contributed by atoms with van der Waals surface area (Å²) in [4.78, 5) is 34.9. The van der Waals surface area contributed by atoms with Crippen LogP contribution in [-0.2, 0) is 17.8 Å². The number of imidazole rings is 2. The molecule has 0 unspecified atom stereocenters. The lowest BCUT2D eigenvalue weighted by Gasteiger charge is -2.26. The first kappa shape index (κ1) is 27.9. The van der Waals surface area contributed by atoms with Crippen LogP contribution in [0.2, 0.25) is 0 Å². The molecule has 3 heterocycles. The number of aromatic nitrogens is 4. The van der Waals surface area contributed by atoms with E-state index in [9.17, 15) is 9.59 Å². The Balaban J connectivity index is 1.34. The number of hydrogen-bond acceptors (Lipinski definition) is 9. The van der Waals surface area contributed by atoms with Gasteiger partial charge >= 0.3 is 0 Å². The Hall–Kier alpha value is -4.62. The third-order valence-corrected chi connectivity index (χ3v) is 7.10. The van der Waals surface area contributed by atoms with Crippen molar-refractivity contribution in [3.63, 3.8) is 0 Å². The van der Waals surface area contributed by atoms with Crippen molar-refractivity contribution in [1.82, 2.24) is 24.0 Å². The van der Waals surface area contributed by atoms with Crippen molar-refractivity contribution in [1.29, 1.82) is 0 Å². The number of nitrogens with zero attached hydrogens (tertiary/aromatic N) is 5. The Morgan fingerprint density at radius 1 is 1.00 bits per heavy atom. The van der Waals surface area contributed by atoms with Crippen molar-refractivity contribution in [2.24, 2.45) is 11.5 Å². The number of benzene rings is 2. The van der Waals surface area contributed by atoms with Crippen molar-refractivity contribution in [3.8, 4) is 5.75 Å². The zero-order chi connectivity index (χ0) is 28.9. The van der Waals surface area contributed by atoms with Gasteiger partial charge in [-0.05, 0) is 36.8 Å². The quantitative estimate of drug-likeness (QED) is 0.147. The van der Waals surface area contributed by atoms with Gasteiger partial charge < -0.3 is 41.1 Å². The van der Waals surface area contributed by atoms with Crippen molar-refractivity contribution in [2.75, 3.05) is 57.6 Å². The molecule has 1 aliphatic heterocycles. The van der Waals surface area contributed by atoms with E-state index >= 15 is 0 Å². The van der Waals surface area contributed by atoms with Crippen LogP contribution in [-0.4, -0.2) is 82.3 Å². The van der Waals surface area contributed by atoms with E-state index in [4.69, 9.17) is 26.7 Å². The molecule has 1 saturated heterocycles. The van der Waals surface area contributed by atoms with Gasteiger partial charge in [-0.1, -0.05) is 12.2 Å². The number of ether oxygens (including phenoxy) is 2. The number of fused-ring (bicyclic) bond motifs is 2. The number of anilines is 2. The van der Waals surface area contributed by atoms with Crippen molar-refractivity contribution in [2.45, 2.75) is 19.5 Å². The highest BCUT2D eigenvalue weighted by Gasteiger charge is 2.17. The van der Waals surface area contributed by atoms with Crippen LogP contribution in [0.3, 0.4) is 0 Å². The van der Waals surface area contributed by atoms with E-state index in [0.29, 0.717) is 65.0 Å². The van der Waals surface area contributed by atoms with Gasteiger partial charge in [0.2, 0.25) is 23.7 Å². The molecule has 0 bridgehead atoms. The number of nitrogens with two attached hydrogens (primary N) is 3. The second kappa shape index (κ2) is 12.3. The predicted molar refractivity (Wildman–Crippen MR) is 157 cm³/mol. The van der Waals surface area contributed by atoms with Crippen LogP contribution in [0, 0.1) is 0 Å². The summed E-state index contributed by atoms with van der Waals surface area (Å²) in [5, 5.41) is 3.09. The molecule has 0 atom stereocenters. The molecule has 13 heteroatoms. The fourth-order valence-electron chi connectivity index (χ4n) is 5.00. The molecule has 2 amide bonds. The number of morpholine rings is 1. The number of nitrogen functional groups attached to an aromatic ring is 1. The van der Waals surface area contributed by atoms with Gasteiger partial charge in [0.15, 0.2) is 0 Å². The Morgan fingerprint density at radius 3 is 2.41 bits per heavy atom. The van der Waals surface area contributed by atoms with Gasteiger partial charge in [0.25, 0.3) is 0 Å².